The lowest BCUT2D eigenvalue weighted by atomic mass is 10.1. The number of carbonyl (C=O) groups is 1. The Balaban J connectivity index is 1.67. The van der Waals surface area contributed by atoms with Gasteiger partial charge in [-0.2, -0.15) is 0 Å². The molecule has 0 fully saturated rings. The lowest BCUT2D eigenvalue weighted by Gasteiger charge is -2.06. The average Bonchev–Trinajstić information content (AvgIpc) is 2.48. The van der Waals surface area contributed by atoms with E-state index in [4.69, 9.17) is 11.6 Å². The van der Waals surface area contributed by atoms with Gasteiger partial charge in [0.1, 0.15) is 0 Å². The fourth-order valence-electron chi connectivity index (χ4n) is 2.13. The van der Waals surface area contributed by atoms with Gasteiger partial charge in [0.15, 0.2) is 0 Å². The first-order valence-corrected chi connectivity index (χ1v) is 7.58. The molecule has 0 atom stereocenters. The van der Waals surface area contributed by atoms with E-state index in [0.29, 0.717) is 13.0 Å². The first-order chi connectivity index (χ1) is 10.1. The summed E-state index contributed by atoms with van der Waals surface area (Å²) in [6, 6.07) is 15.9. The SMILES string of the molecule is Cc1ccc(CC(=O)NCCCc2ccc(Cl)cc2)cc1. The summed E-state index contributed by atoms with van der Waals surface area (Å²) in [6.07, 6.45) is 2.32. The molecular weight excluding hydrogens is 282 g/mol. The molecule has 1 amide bonds. The molecule has 3 heteroatoms. The molecule has 110 valence electrons. The Labute approximate surface area is 131 Å². The van der Waals surface area contributed by atoms with Crippen molar-refractivity contribution in [3.8, 4) is 0 Å². The van der Waals surface area contributed by atoms with Gasteiger partial charge in [0.05, 0.1) is 6.42 Å². The van der Waals surface area contributed by atoms with Gasteiger partial charge in [0, 0.05) is 11.6 Å². The average molecular weight is 302 g/mol. The predicted octanol–water partition coefficient (Wildman–Crippen LogP) is 3.94. The van der Waals surface area contributed by atoms with Crippen molar-refractivity contribution in [2.45, 2.75) is 26.2 Å². The van der Waals surface area contributed by atoms with Crippen LogP contribution in [0, 0.1) is 6.92 Å². The van der Waals surface area contributed by atoms with Gasteiger partial charge in [-0.15, -0.1) is 0 Å². The number of halogens is 1. The molecule has 2 aromatic rings. The molecular formula is C18H20ClNO. The number of hydrogen-bond donors (Lipinski definition) is 1. The van der Waals surface area contributed by atoms with Gasteiger partial charge in [0.2, 0.25) is 5.91 Å². The molecule has 0 aliphatic rings. The highest BCUT2D eigenvalue weighted by Crippen LogP contribution is 2.10. The van der Waals surface area contributed by atoms with Crippen molar-refractivity contribution in [3.63, 3.8) is 0 Å². The van der Waals surface area contributed by atoms with Crippen LogP contribution in [0.3, 0.4) is 0 Å². The Hall–Kier alpha value is -1.80. The molecule has 0 saturated carbocycles. The number of rotatable bonds is 6. The van der Waals surface area contributed by atoms with E-state index in [1.807, 2.05) is 55.5 Å². The number of carbonyl (C=O) groups excluding carboxylic acids is 1. The lowest BCUT2D eigenvalue weighted by molar-refractivity contribution is -0.120. The Morgan fingerprint density at radius 3 is 2.29 bits per heavy atom. The number of benzene rings is 2. The zero-order valence-corrected chi connectivity index (χ0v) is 13.0. The zero-order chi connectivity index (χ0) is 15.1. The highest BCUT2D eigenvalue weighted by atomic mass is 35.5. The maximum atomic E-state index is 11.8. The van der Waals surface area contributed by atoms with E-state index in [1.165, 1.54) is 11.1 Å². The van der Waals surface area contributed by atoms with Crippen molar-refractivity contribution in [1.82, 2.24) is 5.32 Å². The smallest absolute Gasteiger partial charge is 0.224 e. The topological polar surface area (TPSA) is 29.1 Å². The van der Waals surface area contributed by atoms with Crippen LogP contribution in [0.1, 0.15) is 23.1 Å². The lowest BCUT2D eigenvalue weighted by Crippen LogP contribution is -2.26. The molecule has 1 N–H and O–H groups in total. The van der Waals surface area contributed by atoms with Gasteiger partial charge >= 0.3 is 0 Å². The Bertz CT molecular complexity index is 575. The molecule has 0 aromatic heterocycles. The fourth-order valence-corrected chi connectivity index (χ4v) is 2.25. The van der Waals surface area contributed by atoms with Gasteiger partial charge in [-0.1, -0.05) is 53.6 Å². The highest BCUT2D eigenvalue weighted by Gasteiger charge is 2.02. The van der Waals surface area contributed by atoms with Crippen LogP contribution in [-0.2, 0) is 17.6 Å². The molecule has 2 aromatic carbocycles. The van der Waals surface area contributed by atoms with Crippen LogP contribution in [0.2, 0.25) is 5.02 Å². The third-order valence-electron chi connectivity index (χ3n) is 3.36. The van der Waals surface area contributed by atoms with Crippen LogP contribution in [-0.4, -0.2) is 12.5 Å². The fraction of sp³-hybridized carbons (Fsp3) is 0.278. The van der Waals surface area contributed by atoms with E-state index < -0.39 is 0 Å². The van der Waals surface area contributed by atoms with Crippen LogP contribution < -0.4 is 5.32 Å². The van der Waals surface area contributed by atoms with Crippen molar-refractivity contribution in [1.29, 1.82) is 0 Å². The van der Waals surface area contributed by atoms with Crippen LogP contribution in [0.4, 0.5) is 0 Å². The maximum absolute atomic E-state index is 11.8. The number of amides is 1. The summed E-state index contributed by atoms with van der Waals surface area (Å²) in [6.45, 7) is 2.74. The molecule has 21 heavy (non-hydrogen) atoms. The molecule has 0 saturated heterocycles. The molecule has 0 bridgehead atoms. The second-order valence-electron chi connectivity index (χ2n) is 5.24. The van der Waals surface area contributed by atoms with Crippen molar-refractivity contribution in [3.05, 3.63) is 70.2 Å². The summed E-state index contributed by atoms with van der Waals surface area (Å²) in [5.41, 5.74) is 3.50. The summed E-state index contributed by atoms with van der Waals surface area (Å²) in [5, 5.41) is 3.72. The summed E-state index contributed by atoms with van der Waals surface area (Å²) in [7, 11) is 0. The summed E-state index contributed by atoms with van der Waals surface area (Å²) >= 11 is 5.84. The van der Waals surface area contributed by atoms with Crippen molar-refractivity contribution in [2.75, 3.05) is 6.54 Å². The largest absolute Gasteiger partial charge is 0.356 e. The quantitative estimate of drug-likeness (QED) is 0.805. The van der Waals surface area contributed by atoms with Gasteiger partial charge in [-0.25, -0.2) is 0 Å². The Kier molecular flexibility index (Phi) is 5.82. The first kappa shape index (κ1) is 15.6. The van der Waals surface area contributed by atoms with Gasteiger partial charge in [-0.3, -0.25) is 4.79 Å². The van der Waals surface area contributed by atoms with Gasteiger partial charge in [-0.05, 0) is 43.0 Å². The van der Waals surface area contributed by atoms with E-state index in [9.17, 15) is 4.79 Å². The third kappa shape index (κ3) is 5.60. The van der Waals surface area contributed by atoms with E-state index in [0.717, 1.165) is 23.4 Å². The molecule has 0 radical (unpaired) electrons. The molecule has 2 rings (SSSR count). The Morgan fingerprint density at radius 2 is 1.62 bits per heavy atom. The summed E-state index contributed by atoms with van der Waals surface area (Å²) in [5.74, 6) is 0.0787. The van der Waals surface area contributed by atoms with Crippen LogP contribution in [0.25, 0.3) is 0 Å². The number of aryl methyl sites for hydroxylation is 2. The maximum Gasteiger partial charge on any atom is 0.224 e. The minimum absolute atomic E-state index is 0.0787. The van der Waals surface area contributed by atoms with Gasteiger partial charge in [0.25, 0.3) is 0 Å². The summed E-state index contributed by atoms with van der Waals surface area (Å²) in [4.78, 5) is 11.8. The minimum atomic E-state index is 0.0787. The van der Waals surface area contributed by atoms with Crippen LogP contribution in [0.15, 0.2) is 48.5 Å². The van der Waals surface area contributed by atoms with E-state index in [-0.39, 0.29) is 5.91 Å². The molecule has 0 spiro atoms. The van der Waals surface area contributed by atoms with E-state index in [1.54, 1.807) is 0 Å². The molecule has 0 aliphatic heterocycles. The molecule has 0 unspecified atom stereocenters. The van der Waals surface area contributed by atoms with Crippen molar-refractivity contribution in [2.24, 2.45) is 0 Å². The zero-order valence-electron chi connectivity index (χ0n) is 12.2. The van der Waals surface area contributed by atoms with Gasteiger partial charge < -0.3 is 5.32 Å². The van der Waals surface area contributed by atoms with Crippen molar-refractivity contribution < 1.29 is 4.79 Å². The Morgan fingerprint density at radius 1 is 1.00 bits per heavy atom. The van der Waals surface area contributed by atoms with E-state index >= 15 is 0 Å². The van der Waals surface area contributed by atoms with Crippen molar-refractivity contribution >= 4 is 17.5 Å². The molecule has 2 nitrogen and oxygen atoms in total. The third-order valence-corrected chi connectivity index (χ3v) is 3.61. The second-order valence-corrected chi connectivity index (χ2v) is 5.68. The standard InChI is InChI=1S/C18H20ClNO/c1-14-4-6-16(7-5-14)13-18(21)20-12-2-3-15-8-10-17(19)11-9-15/h4-11H,2-3,12-13H2,1H3,(H,20,21). The highest BCUT2D eigenvalue weighted by molar-refractivity contribution is 6.30. The normalized spacial score (nSPS) is 10.4. The minimum Gasteiger partial charge on any atom is -0.356 e. The predicted molar refractivity (Wildman–Crippen MR) is 87.7 cm³/mol. The van der Waals surface area contributed by atoms with Crippen LogP contribution >= 0.6 is 11.6 Å². The number of nitrogens with one attached hydrogen (secondary N) is 1. The monoisotopic (exact) mass is 301 g/mol. The summed E-state index contributed by atoms with van der Waals surface area (Å²) < 4.78 is 0. The van der Waals surface area contributed by atoms with E-state index in [2.05, 4.69) is 5.32 Å². The number of hydrogen-bond acceptors (Lipinski definition) is 1. The molecule has 0 aliphatic carbocycles. The van der Waals surface area contributed by atoms with Crippen LogP contribution in [0.5, 0.6) is 0 Å². The molecule has 0 heterocycles. The second kappa shape index (κ2) is 7.84. The first-order valence-electron chi connectivity index (χ1n) is 7.20.